The van der Waals surface area contributed by atoms with E-state index in [1.54, 1.807) is 0 Å². The van der Waals surface area contributed by atoms with Gasteiger partial charge in [-0.2, -0.15) is 0 Å². The summed E-state index contributed by atoms with van der Waals surface area (Å²) >= 11 is 0. The number of nitrogens with one attached hydrogen (secondary N) is 2. The zero-order valence-electron chi connectivity index (χ0n) is 16.7. The van der Waals surface area contributed by atoms with Crippen LogP contribution in [0.3, 0.4) is 0 Å². The summed E-state index contributed by atoms with van der Waals surface area (Å²) in [6, 6.07) is 21.2. The van der Waals surface area contributed by atoms with E-state index in [0.717, 1.165) is 22.3 Å². The fraction of sp³-hybridized carbons (Fsp3) is 0.273. The molecule has 2 aliphatic rings. The van der Waals surface area contributed by atoms with E-state index < -0.39 is 0 Å². The minimum absolute atomic E-state index is 0.0112. The van der Waals surface area contributed by atoms with E-state index >= 15 is 0 Å². The molecule has 0 radical (unpaired) electrons. The predicted octanol–water partition coefficient (Wildman–Crippen LogP) is 3.37. The van der Waals surface area contributed by atoms with Crippen LogP contribution in [-0.4, -0.2) is 25.3 Å². The van der Waals surface area contributed by atoms with Gasteiger partial charge in [0.1, 0.15) is 0 Å². The first-order chi connectivity index (χ1) is 13.3. The van der Waals surface area contributed by atoms with Gasteiger partial charge in [-0.25, -0.2) is 0 Å². The highest BCUT2D eigenvalue weighted by Crippen LogP contribution is 2.36. The minimum Gasteiger partial charge on any atom is -0.405 e. The molecular formula is C22H24B2N2O2. The average molecular weight is 370 g/mol. The van der Waals surface area contributed by atoms with Crippen LogP contribution in [0.4, 0.5) is 11.4 Å². The SMILES string of the molecule is CC1(C)OB(c2cccc(B3Nc4cccc5cccc(c45)N3)c2)OC1(C)C. The van der Waals surface area contributed by atoms with Crippen LogP contribution in [-0.2, 0) is 9.31 Å². The van der Waals surface area contributed by atoms with Crippen molar-refractivity contribution in [3.8, 4) is 0 Å². The average Bonchev–Trinajstić information content (AvgIpc) is 2.90. The molecule has 3 aromatic rings. The predicted molar refractivity (Wildman–Crippen MR) is 119 cm³/mol. The van der Waals surface area contributed by atoms with Crippen molar-refractivity contribution >= 4 is 47.2 Å². The van der Waals surface area contributed by atoms with Gasteiger partial charge in [0, 0.05) is 16.8 Å². The summed E-state index contributed by atoms with van der Waals surface area (Å²) in [5.41, 5.74) is 3.80. The van der Waals surface area contributed by atoms with E-state index in [2.05, 4.69) is 98.8 Å². The van der Waals surface area contributed by atoms with Crippen LogP contribution in [0.5, 0.6) is 0 Å². The highest BCUT2D eigenvalue weighted by Gasteiger charge is 2.51. The summed E-state index contributed by atoms with van der Waals surface area (Å²) in [6.07, 6.45) is 0. The second-order valence-corrected chi connectivity index (χ2v) is 8.69. The van der Waals surface area contributed by atoms with Crippen LogP contribution < -0.4 is 21.4 Å². The van der Waals surface area contributed by atoms with Crippen molar-refractivity contribution in [2.45, 2.75) is 38.9 Å². The van der Waals surface area contributed by atoms with Crippen LogP contribution >= 0.6 is 0 Å². The summed E-state index contributed by atoms with van der Waals surface area (Å²) < 4.78 is 12.5. The summed E-state index contributed by atoms with van der Waals surface area (Å²) in [5.74, 6) is 0. The van der Waals surface area contributed by atoms with Gasteiger partial charge in [0.05, 0.1) is 11.2 Å². The van der Waals surface area contributed by atoms with Gasteiger partial charge < -0.3 is 19.8 Å². The molecule has 4 nitrogen and oxygen atoms in total. The second-order valence-electron chi connectivity index (χ2n) is 8.69. The van der Waals surface area contributed by atoms with E-state index in [0.29, 0.717) is 0 Å². The Bertz CT molecular complexity index is 1010. The van der Waals surface area contributed by atoms with Crippen LogP contribution in [0.25, 0.3) is 10.8 Å². The Kier molecular flexibility index (Phi) is 3.80. The lowest BCUT2D eigenvalue weighted by Crippen LogP contribution is -2.49. The first-order valence-corrected chi connectivity index (χ1v) is 9.84. The molecule has 0 atom stereocenters. The summed E-state index contributed by atoms with van der Waals surface area (Å²) in [6.45, 7) is 8.32. The lowest BCUT2D eigenvalue weighted by atomic mass is 9.64. The van der Waals surface area contributed by atoms with Gasteiger partial charge in [-0.1, -0.05) is 48.5 Å². The molecule has 0 aromatic heterocycles. The zero-order valence-corrected chi connectivity index (χ0v) is 16.7. The van der Waals surface area contributed by atoms with Crippen LogP contribution in [0, 0.1) is 0 Å². The molecule has 28 heavy (non-hydrogen) atoms. The van der Waals surface area contributed by atoms with Crippen molar-refractivity contribution in [1.29, 1.82) is 0 Å². The number of hydrogen-bond acceptors (Lipinski definition) is 4. The van der Waals surface area contributed by atoms with Gasteiger partial charge in [-0.05, 0) is 56.1 Å². The highest BCUT2D eigenvalue weighted by atomic mass is 16.7. The van der Waals surface area contributed by atoms with Gasteiger partial charge in [0.2, 0.25) is 0 Å². The Balaban J connectivity index is 1.47. The monoisotopic (exact) mass is 370 g/mol. The molecule has 1 fully saturated rings. The van der Waals surface area contributed by atoms with E-state index in [9.17, 15) is 0 Å². The molecule has 0 bridgehead atoms. The topological polar surface area (TPSA) is 42.5 Å². The maximum atomic E-state index is 6.23. The van der Waals surface area contributed by atoms with Crippen LogP contribution in [0.1, 0.15) is 27.7 Å². The summed E-state index contributed by atoms with van der Waals surface area (Å²) in [4.78, 5) is 0. The van der Waals surface area contributed by atoms with Gasteiger partial charge >= 0.3 is 14.1 Å². The molecular weight excluding hydrogens is 346 g/mol. The normalized spacial score (nSPS) is 19.4. The molecule has 2 N–H and O–H groups in total. The van der Waals surface area contributed by atoms with Crippen molar-refractivity contribution in [3.63, 3.8) is 0 Å². The van der Waals surface area contributed by atoms with E-state index in [1.165, 1.54) is 10.8 Å². The lowest BCUT2D eigenvalue weighted by molar-refractivity contribution is 0.00578. The highest BCUT2D eigenvalue weighted by molar-refractivity contribution is 6.80. The molecule has 3 aromatic carbocycles. The Hall–Kier alpha value is -2.43. The molecule has 0 aliphatic carbocycles. The fourth-order valence-electron chi connectivity index (χ4n) is 3.96. The Labute approximate surface area is 166 Å². The quantitative estimate of drug-likeness (QED) is 0.679. The molecule has 1 saturated heterocycles. The van der Waals surface area contributed by atoms with Crippen molar-refractivity contribution in [3.05, 3.63) is 60.7 Å². The largest absolute Gasteiger partial charge is 0.494 e. The van der Waals surface area contributed by atoms with E-state index in [-0.39, 0.29) is 25.3 Å². The molecule has 0 unspecified atom stereocenters. The van der Waals surface area contributed by atoms with Crippen molar-refractivity contribution in [2.24, 2.45) is 0 Å². The molecule has 0 saturated carbocycles. The first-order valence-electron chi connectivity index (χ1n) is 9.84. The first kappa shape index (κ1) is 17.7. The Morgan fingerprint density at radius 1 is 0.714 bits per heavy atom. The molecule has 2 heterocycles. The minimum atomic E-state index is -0.357. The van der Waals surface area contributed by atoms with Gasteiger partial charge in [-0.15, -0.1) is 0 Å². The molecule has 140 valence electrons. The molecule has 0 spiro atoms. The molecule has 5 rings (SSSR count). The molecule has 6 heteroatoms. The summed E-state index contributed by atoms with van der Waals surface area (Å²) in [7, 11) is -0.357. The van der Waals surface area contributed by atoms with Gasteiger partial charge in [-0.3, -0.25) is 0 Å². The fourth-order valence-corrected chi connectivity index (χ4v) is 3.96. The molecule has 2 aliphatic heterocycles. The van der Waals surface area contributed by atoms with E-state index in [4.69, 9.17) is 9.31 Å². The number of anilines is 2. The third-order valence-electron chi connectivity index (χ3n) is 6.27. The number of hydrogen-bond donors (Lipinski definition) is 2. The third-order valence-corrected chi connectivity index (χ3v) is 6.27. The van der Waals surface area contributed by atoms with Gasteiger partial charge in [0.15, 0.2) is 0 Å². The van der Waals surface area contributed by atoms with Crippen molar-refractivity contribution in [1.82, 2.24) is 0 Å². The third kappa shape index (κ3) is 2.71. The van der Waals surface area contributed by atoms with Crippen molar-refractivity contribution < 1.29 is 9.31 Å². The number of rotatable bonds is 2. The zero-order chi connectivity index (χ0) is 19.5. The summed E-state index contributed by atoms with van der Waals surface area (Å²) in [5, 5.41) is 9.75. The van der Waals surface area contributed by atoms with E-state index in [1.807, 2.05) is 0 Å². The van der Waals surface area contributed by atoms with Gasteiger partial charge in [0.25, 0.3) is 0 Å². The van der Waals surface area contributed by atoms with Crippen molar-refractivity contribution in [2.75, 3.05) is 10.5 Å². The maximum Gasteiger partial charge on any atom is 0.494 e. The maximum absolute atomic E-state index is 6.23. The second kappa shape index (κ2) is 6.03. The van der Waals surface area contributed by atoms with Crippen LogP contribution in [0.2, 0.25) is 0 Å². The smallest absolute Gasteiger partial charge is 0.405 e. The molecule has 0 amide bonds. The van der Waals surface area contributed by atoms with Crippen LogP contribution in [0.15, 0.2) is 60.7 Å². The standard InChI is InChI=1S/C22H24B2N2O2/c1-21(2)22(3,4)28-24(27-21)17-11-7-10-16(14-17)23-25-18-12-5-8-15-9-6-13-19(26-23)20(15)18/h5-14,25-26H,1-4H3. The Morgan fingerprint density at radius 2 is 1.25 bits per heavy atom. The Morgan fingerprint density at radius 3 is 1.86 bits per heavy atom. The lowest BCUT2D eigenvalue weighted by Gasteiger charge is -2.32. The number of benzene rings is 3.